The van der Waals surface area contributed by atoms with Gasteiger partial charge >= 0.3 is 0 Å². The molecule has 0 aliphatic rings. The van der Waals surface area contributed by atoms with Gasteiger partial charge in [-0.25, -0.2) is 0 Å². The number of hydrogen-bond donors (Lipinski definition) is 3. The van der Waals surface area contributed by atoms with Gasteiger partial charge in [-0.3, -0.25) is 28.9 Å². The minimum atomic E-state index is -2.21. The summed E-state index contributed by atoms with van der Waals surface area (Å²) in [5.74, 6) is -3.64. The number of carbonyl (C=O) groups excluding carboxylic acids is 5. The Hall–Kier alpha value is -2.17. The summed E-state index contributed by atoms with van der Waals surface area (Å²) in [5.41, 5.74) is 3.91. The fraction of sp³-hybridized carbons (Fsp3) is 0.808. The topological polar surface area (TPSA) is 142 Å². The van der Waals surface area contributed by atoms with Crippen LogP contribution < -0.4 is 16.4 Å². The van der Waals surface area contributed by atoms with Crippen molar-refractivity contribution in [2.45, 2.75) is 91.4 Å². The lowest BCUT2D eigenvalue weighted by atomic mass is 9.77. The van der Waals surface area contributed by atoms with Gasteiger partial charge in [0.1, 0.15) is 0 Å². The molecule has 1 unspecified atom stereocenters. The molecular formula is C26H48N5O5. The quantitative estimate of drug-likeness (QED) is 0.260. The lowest BCUT2D eigenvalue weighted by Gasteiger charge is -2.47. The molecule has 0 aliphatic carbocycles. The average Bonchev–Trinajstić information content (AvgIpc) is 2.81. The number of imide groups is 1. The van der Waals surface area contributed by atoms with Crippen LogP contribution in [0.2, 0.25) is 0 Å². The molecule has 0 aromatic rings. The molecule has 0 rings (SSSR count). The van der Waals surface area contributed by atoms with E-state index >= 15 is 0 Å². The van der Waals surface area contributed by atoms with Gasteiger partial charge in [-0.1, -0.05) is 48.5 Å². The van der Waals surface area contributed by atoms with Crippen LogP contribution in [-0.2, 0) is 24.0 Å². The van der Waals surface area contributed by atoms with Crippen LogP contribution in [0.1, 0.15) is 67.7 Å². The summed E-state index contributed by atoms with van der Waals surface area (Å²) in [6, 6.07) is -2.89. The van der Waals surface area contributed by atoms with Crippen molar-refractivity contribution in [1.29, 1.82) is 0 Å². The third kappa shape index (κ3) is 7.66. The normalized spacial score (nSPS) is 15.8. The van der Waals surface area contributed by atoms with Gasteiger partial charge in [-0.15, -0.1) is 0 Å². The summed E-state index contributed by atoms with van der Waals surface area (Å²) in [6.07, 6.45) is 2.77. The second kappa shape index (κ2) is 15.2. The monoisotopic (exact) mass is 510 g/mol. The van der Waals surface area contributed by atoms with Crippen LogP contribution in [0.4, 0.5) is 0 Å². The minimum absolute atomic E-state index is 0.0563. The minimum Gasteiger partial charge on any atom is -0.333 e. The first kappa shape index (κ1) is 33.8. The highest BCUT2D eigenvalue weighted by Crippen LogP contribution is 2.32. The summed E-state index contributed by atoms with van der Waals surface area (Å²) in [6.45, 7) is 12.3. The van der Waals surface area contributed by atoms with Crippen LogP contribution in [0.5, 0.6) is 0 Å². The molecule has 0 spiro atoms. The standard InChI is InChI=1S/C26H48N5O5/c1-11-20(27)23(34)31(24(35)21(29-9)13-17(4)5)26(18(6)7,22(33)14-28-8)25(36)30(10)19(15-32)12-16(2)3/h16-21,28-29H,11-14,27H2,1-10H3/t19-,20?,21-,26+/m0/s1. The number of ketones is 1. The highest BCUT2D eigenvalue weighted by molar-refractivity contribution is 6.19. The fourth-order valence-corrected chi connectivity index (χ4v) is 4.37. The van der Waals surface area contributed by atoms with Crippen molar-refractivity contribution in [3.63, 3.8) is 0 Å². The molecule has 4 atom stereocenters. The summed E-state index contributed by atoms with van der Waals surface area (Å²) < 4.78 is 0. The van der Waals surface area contributed by atoms with Crippen molar-refractivity contribution < 1.29 is 24.0 Å². The smallest absolute Gasteiger partial charge is 0.257 e. The third-order valence-corrected chi connectivity index (χ3v) is 6.45. The lowest BCUT2D eigenvalue weighted by Crippen LogP contribution is -2.74. The number of likely N-dealkylation sites (N-methyl/N-ethyl adjacent to an activating group) is 3. The Morgan fingerprint density at radius 1 is 0.944 bits per heavy atom. The fourth-order valence-electron chi connectivity index (χ4n) is 4.37. The maximum atomic E-state index is 14.3. The number of rotatable bonds is 16. The highest BCUT2D eigenvalue weighted by atomic mass is 16.2. The van der Waals surface area contributed by atoms with Gasteiger partial charge in [-0.2, -0.15) is 0 Å². The molecule has 0 saturated heterocycles. The molecule has 0 heterocycles. The van der Waals surface area contributed by atoms with Gasteiger partial charge in [0.2, 0.25) is 18.1 Å². The van der Waals surface area contributed by atoms with Crippen LogP contribution in [0.25, 0.3) is 0 Å². The largest absolute Gasteiger partial charge is 0.333 e. The van der Waals surface area contributed by atoms with Crippen molar-refractivity contribution in [3.8, 4) is 0 Å². The van der Waals surface area contributed by atoms with Gasteiger partial charge in [0, 0.05) is 7.05 Å². The zero-order valence-electron chi connectivity index (χ0n) is 23.8. The van der Waals surface area contributed by atoms with Gasteiger partial charge in [0.15, 0.2) is 11.3 Å². The van der Waals surface area contributed by atoms with Crippen molar-refractivity contribution in [2.75, 3.05) is 27.7 Å². The molecule has 0 aromatic heterocycles. The van der Waals surface area contributed by atoms with E-state index in [-0.39, 0.29) is 24.8 Å². The third-order valence-electron chi connectivity index (χ3n) is 6.45. The number of hydrogen-bond acceptors (Lipinski definition) is 8. The summed E-state index contributed by atoms with van der Waals surface area (Å²) in [7, 11) is 4.53. The molecule has 3 amide bonds. The average molecular weight is 511 g/mol. The van der Waals surface area contributed by atoms with Crippen molar-refractivity contribution in [1.82, 2.24) is 20.4 Å². The van der Waals surface area contributed by atoms with Gasteiger partial charge in [-0.05, 0) is 51.1 Å². The number of nitrogens with one attached hydrogen (secondary N) is 2. The van der Waals surface area contributed by atoms with E-state index in [4.69, 9.17) is 5.73 Å². The molecule has 0 fully saturated rings. The van der Waals surface area contributed by atoms with Crippen LogP contribution >= 0.6 is 0 Å². The van der Waals surface area contributed by atoms with Crippen LogP contribution in [0.15, 0.2) is 0 Å². The van der Waals surface area contributed by atoms with E-state index in [1.54, 1.807) is 34.9 Å². The second-order valence-corrected chi connectivity index (χ2v) is 10.6. The predicted molar refractivity (Wildman–Crippen MR) is 141 cm³/mol. The number of nitrogens with two attached hydrogens (primary N) is 1. The van der Waals surface area contributed by atoms with Crippen LogP contribution in [0.3, 0.4) is 0 Å². The van der Waals surface area contributed by atoms with E-state index in [0.717, 1.165) is 9.80 Å². The Bertz CT molecular complexity index is 770. The molecule has 10 nitrogen and oxygen atoms in total. The Kier molecular flexibility index (Phi) is 14.3. The van der Waals surface area contributed by atoms with E-state index in [1.165, 1.54) is 7.05 Å². The molecule has 0 aromatic carbocycles. The first-order chi connectivity index (χ1) is 16.7. The maximum absolute atomic E-state index is 14.3. The molecule has 10 heteroatoms. The van der Waals surface area contributed by atoms with Gasteiger partial charge in [0.05, 0.1) is 24.7 Å². The Balaban J connectivity index is 7.36. The van der Waals surface area contributed by atoms with E-state index in [0.29, 0.717) is 12.8 Å². The summed E-state index contributed by atoms with van der Waals surface area (Å²) in [5, 5.41) is 5.69. The van der Waals surface area contributed by atoms with Crippen LogP contribution in [-0.4, -0.2) is 90.9 Å². The number of amides is 3. The van der Waals surface area contributed by atoms with Gasteiger partial charge < -0.3 is 21.3 Å². The van der Waals surface area contributed by atoms with E-state index < -0.39 is 53.1 Å². The van der Waals surface area contributed by atoms with Crippen molar-refractivity contribution in [3.05, 3.63) is 0 Å². The zero-order chi connectivity index (χ0) is 28.4. The zero-order valence-corrected chi connectivity index (χ0v) is 23.8. The summed E-state index contributed by atoms with van der Waals surface area (Å²) >= 11 is 0. The molecule has 207 valence electrons. The first-order valence-corrected chi connectivity index (χ1v) is 12.8. The van der Waals surface area contributed by atoms with Gasteiger partial charge in [0.25, 0.3) is 5.91 Å². The predicted octanol–water partition coefficient (Wildman–Crippen LogP) is 0.879. The molecule has 0 saturated carbocycles. The molecule has 1 radical (unpaired) electrons. The van der Waals surface area contributed by atoms with Crippen molar-refractivity contribution >= 4 is 29.8 Å². The second-order valence-electron chi connectivity index (χ2n) is 10.6. The molecular weight excluding hydrogens is 462 g/mol. The highest BCUT2D eigenvalue weighted by Gasteiger charge is 2.59. The van der Waals surface area contributed by atoms with E-state index in [1.807, 2.05) is 34.0 Å². The maximum Gasteiger partial charge on any atom is 0.257 e. The first-order valence-electron chi connectivity index (χ1n) is 12.8. The SMILES string of the molecule is CCC(N)C(=O)N(C(=O)[C@H](CC(C)C)NC)[C@](C(=O)CNC)(C(=O)N(C)[C@H]([C]=O)CC(C)C)C(C)C. The van der Waals surface area contributed by atoms with E-state index in [9.17, 15) is 24.0 Å². The molecule has 4 N–H and O–H groups in total. The molecule has 36 heavy (non-hydrogen) atoms. The number of Topliss-reactive ketones (excluding diaryl/α,β-unsaturated/α-hetero) is 1. The van der Waals surface area contributed by atoms with Crippen molar-refractivity contribution in [2.24, 2.45) is 23.5 Å². The Morgan fingerprint density at radius 3 is 1.83 bits per heavy atom. The van der Waals surface area contributed by atoms with Crippen LogP contribution in [0, 0.1) is 17.8 Å². The molecule has 0 aliphatic heterocycles. The van der Waals surface area contributed by atoms with E-state index in [2.05, 4.69) is 10.6 Å². The number of carbonyl (C=O) groups is 4. The number of nitrogens with zero attached hydrogens (tertiary/aromatic N) is 2. The molecule has 0 bridgehead atoms. The Morgan fingerprint density at radius 2 is 1.47 bits per heavy atom. The summed E-state index contributed by atoms with van der Waals surface area (Å²) in [4.78, 5) is 69.7. The Labute approximate surface area is 217 Å². The lowest BCUT2D eigenvalue weighted by molar-refractivity contribution is -0.172.